The molecule has 0 saturated carbocycles. The van der Waals surface area contributed by atoms with E-state index in [2.05, 4.69) is 55.1 Å². The Morgan fingerprint density at radius 3 is 2.52 bits per heavy atom. The Hall–Kier alpha value is -1.27. The van der Waals surface area contributed by atoms with E-state index in [1.807, 2.05) is 50.2 Å². The van der Waals surface area contributed by atoms with Gasteiger partial charge >= 0.3 is 5.97 Å². The number of fused-ring (bicyclic) bond motifs is 1. The molecular formula is C19H16I2N2O3S. The lowest BCUT2D eigenvalue weighted by atomic mass is 10.2. The number of aliphatic carboxylic acids is 1. The van der Waals surface area contributed by atoms with Crippen LogP contribution in [0.4, 0.5) is 0 Å². The smallest absolute Gasteiger partial charge is 0.342 e. The van der Waals surface area contributed by atoms with Crippen LogP contribution in [0, 0.1) is 7.14 Å². The maximum absolute atomic E-state index is 11.7. The fourth-order valence-electron chi connectivity index (χ4n) is 2.38. The Morgan fingerprint density at radius 2 is 1.93 bits per heavy atom. The molecule has 0 aliphatic heterocycles. The highest BCUT2D eigenvalue weighted by molar-refractivity contribution is 14.1. The number of carbonyl (C=O) groups is 1. The summed E-state index contributed by atoms with van der Waals surface area (Å²) in [5.41, 5.74) is 2.49. The number of rotatable bonds is 6. The van der Waals surface area contributed by atoms with Crippen molar-refractivity contribution in [2.24, 2.45) is 0 Å². The minimum absolute atomic E-state index is 0.0756. The highest BCUT2D eigenvalue weighted by atomic mass is 127. The van der Waals surface area contributed by atoms with Crippen molar-refractivity contribution in [3.8, 4) is 5.75 Å². The van der Waals surface area contributed by atoms with Crippen LogP contribution in [0.25, 0.3) is 17.1 Å². The first kappa shape index (κ1) is 20.5. The Morgan fingerprint density at radius 1 is 1.26 bits per heavy atom. The summed E-state index contributed by atoms with van der Waals surface area (Å²) in [4.78, 5) is 19.5. The Bertz CT molecular complexity index is 975. The molecule has 0 bridgehead atoms. The lowest BCUT2D eigenvalue weighted by Crippen LogP contribution is -2.08. The average molecular weight is 606 g/mol. The van der Waals surface area contributed by atoms with Crippen LogP contribution in [0.3, 0.4) is 0 Å². The molecule has 3 aromatic rings. The zero-order chi connectivity index (χ0) is 19.6. The second-order valence-electron chi connectivity index (χ2n) is 5.96. The first-order valence-electron chi connectivity index (χ1n) is 8.07. The quantitative estimate of drug-likeness (QED) is 0.212. The van der Waals surface area contributed by atoms with Crippen molar-refractivity contribution >= 4 is 80.0 Å². The second kappa shape index (κ2) is 8.82. The number of nitrogens with one attached hydrogen (secondary N) is 1. The van der Waals surface area contributed by atoms with Crippen LogP contribution in [-0.2, 0) is 4.79 Å². The third-order valence-electron chi connectivity index (χ3n) is 3.46. The van der Waals surface area contributed by atoms with Gasteiger partial charge in [-0.25, -0.2) is 9.78 Å². The highest BCUT2D eigenvalue weighted by Crippen LogP contribution is 2.33. The fourth-order valence-corrected chi connectivity index (χ4v) is 5.25. The van der Waals surface area contributed by atoms with Gasteiger partial charge in [-0.05, 0) is 107 Å². The van der Waals surface area contributed by atoms with Crippen molar-refractivity contribution in [3.05, 3.63) is 54.0 Å². The standard InChI is InChI=1S/C19H16I2N2O3S/c1-10(2)26-17-12(20)7-11(8-13(17)21)9-16(18(24)25)27-19-22-14-5-3-4-6-15(14)23-19/h3-10H,1-2H3,(H,22,23)(H,24,25)/b16-9-. The maximum Gasteiger partial charge on any atom is 0.342 e. The Labute approximate surface area is 188 Å². The lowest BCUT2D eigenvalue weighted by molar-refractivity contribution is -0.131. The predicted octanol–water partition coefficient (Wildman–Crippen LogP) is 5.78. The molecule has 5 nitrogen and oxygen atoms in total. The first-order valence-corrected chi connectivity index (χ1v) is 11.0. The molecule has 0 unspecified atom stereocenters. The van der Waals surface area contributed by atoms with Crippen LogP contribution in [0.2, 0.25) is 0 Å². The minimum Gasteiger partial charge on any atom is -0.489 e. The number of aromatic amines is 1. The Balaban J connectivity index is 1.92. The molecule has 1 aromatic heterocycles. The van der Waals surface area contributed by atoms with Crippen LogP contribution < -0.4 is 4.74 Å². The van der Waals surface area contributed by atoms with Crippen molar-refractivity contribution in [1.82, 2.24) is 9.97 Å². The molecule has 0 aliphatic rings. The molecule has 3 rings (SSSR count). The number of para-hydroxylation sites is 2. The van der Waals surface area contributed by atoms with Gasteiger partial charge in [0.05, 0.1) is 24.3 Å². The number of ether oxygens (including phenoxy) is 1. The first-order chi connectivity index (χ1) is 12.8. The summed E-state index contributed by atoms with van der Waals surface area (Å²) in [6, 6.07) is 11.4. The number of carboxylic acid groups (broad SMARTS) is 1. The van der Waals surface area contributed by atoms with E-state index in [-0.39, 0.29) is 11.0 Å². The van der Waals surface area contributed by atoms with E-state index >= 15 is 0 Å². The van der Waals surface area contributed by atoms with Crippen LogP contribution in [0.5, 0.6) is 5.75 Å². The van der Waals surface area contributed by atoms with Gasteiger partial charge in [0.15, 0.2) is 5.16 Å². The van der Waals surface area contributed by atoms with Gasteiger partial charge in [-0.15, -0.1) is 0 Å². The van der Waals surface area contributed by atoms with Gasteiger partial charge in [0, 0.05) is 0 Å². The van der Waals surface area contributed by atoms with Crippen LogP contribution in [0.15, 0.2) is 46.5 Å². The number of hydrogen-bond donors (Lipinski definition) is 2. The molecule has 27 heavy (non-hydrogen) atoms. The van der Waals surface area contributed by atoms with Gasteiger partial charge in [0.25, 0.3) is 0 Å². The third-order valence-corrected chi connectivity index (χ3v) is 5.96. The summed E-state index contributed by atoms with van der Waals surface area (Å²) in [7, 11) is 0. The minimum atomic E-state index is -0.993. The predicted molar refractivity (Wildman–Crippen MR) is 125 cm³/mol. The van der Waals surface area contributed by atoms with Gasteiger partial charge < -0.3 is 14.8 Å². The van der Waals surface area contributed by atoms with Gasteiger partial charge in [-0.2, -0.15) is 0 Å². The van der Waals surface area contributed by atoms with E-state index in [1.165, 1.54) is 0 Å². The van der Waals surface area contributed by atoms with Crippen LogP contribution in [-0.4, -0.2) is 27.1 Å². The number of aromatic nitrogens is 2. The number of carboxylic acids is 1. The number of hydrogen-bond acceptors (Lipinski definition) is 4. The summed E-state index contributed by atoms with van der Waals surface area (Å²) in [5.74, 6) is -0.168. The summed E-state index contributed by atoms with van der Waals surface area (Å²) < 4.78 is 7.73. The molecule has 0 atom stereocenters. The molecule has 8 heteroatoms. The number of thioether (sulfide) groups is 1. The van der Waals surface area contributed by atoms with Gasteiger partial charge in [0.1, 0.15) is 10.7 Å². The molecule has 0 amide bonds. The molecule has 0 fully saturated rings. The maximum atomic E-state index is 11.7. The largest absolute Gasteiger partial charge is 0.489 e. The van der Waals surface area contributed by atoms with Crippen LogP contribution in [0.1, 0.15) is 19.4 Å². The van der Waals surface area contributed by atoms with E-state index < -0.39 is 5.97 Å². The monoisotopic (exact) mass is 606 g/mol. The average Bonchev–Trinajstić information content (AvgIpc) is 2.99. The summed E-state index contributed by atoms with van der Waals surface area (Å²) >= 11 is 5.52. The van der Waals surface area contributed by atoms with E-state index in [4.69, 9.17) is 4.74 Å². The number of benzene rings is 2. The third kappa shape index (κ3) is 5.17. The molecule has 0 radical (unpaired) electrons. The van der Waals surface area contributed by atoms with Gasteiger partial charge in [-0.3, -0.25) is 0 Å². The topological polar surface area (TPSA) is 75.2 Å². The normalized spacial score (nSPS) is 12.0. The number of halogens is 2. The van der Waals surface area contributed by atoms with Crippen molar-refractivity contribution in [3.63, 3.8) is 0 Å². The Kier molecular flexibility index (Phi) is 6.69. The number of nitrogens with zero attached hydrogens (tertiary/aromatic N) is 1. The summed E-state index contributed by atoms with van der Waals surface area (Å²) in [5, 5.41) is 10.2. The summed E-state index contributed by atoms with van der Waals surface area (Å²) in [6.45, 7) is 3.96. The van der Waals surface area contributed by atoms with Crippen molar-refractivity contribution < 1.29 is 14.6 Å². The molecule has 2 aromatic carbocycles. The van der Waals surface area contributed by atoms with Crippen molar-refractivity contribution in [2.75, 3.05) is 0 Å². The van der Waals surface area contributed by atoms with E-state index in [0.29, 0.717) is 5.16 Å². The van der Waals surface area contributed by atoms with Crippen molar-refractivity contribution in [1.29, 1.82) is 0 Å². The second-order valence-corrected chi connectivity index (χ2v) is 9.31. The molecular weight excluding hydrogens is 590 g/mol. The zero-order valence-electron chi connectivity index (χ0n) is 14.5. The fraction of sp³-hybridized carbons (Fsp3) is 0.158. The molecule has 2 N–H and O–H groups in total. The zero-order valence-corrected chi connectivity index (χ0v) is 19.6. The van der Waals surface area contributed by atoms with Crippen LogP contribution >= 0.6 is 56.9 Å². The molecule has 0 saturated heterocycles. The van der Waals surface area contributed by atoms with Gasteiger partial charge in [-0.1, -0.05) is 12.1 Å². The number of imidazole rings is 1. The van der Waals surface area contributed by atoms with Crippen molar-refractivity contribution in [2.45, 2.75) is 25.1 Å². The van der Waals surface area contributed by atoms with Gasteiger partial charge in [0.2, 0.25) is 0 Å². The molecule has 0 spiro atoms. The lowest BCUT2D eigenvalue weighted by Gasteiger charge is -2.14. The number of H-pyrrole nitrogens is 1. The van der Waals surface area contributed by atoms with E-state index in [9.17, 15) is 9.90 Å². The molecule has 1 heterocycles. The van der Waals surface area contributed by atoms with E-state index in [1.54, 1.807) is 6.08 Å². The molecule has 0 aliphatic carbocycles. The molecule has 140 valence electrons. The highest BCUT2D eigenvalue weighted by Gasteiger charge is 2.15. The van der Waals surface area contributed by atoms with E-state index in [0.717, 1.165) is 41.2 Å². The SMILES string of the molecule is CC(C)Oc1c(I)cc(/C=C(\Sc2nc3ccccc3[nH]2)C(=O)O)cc1I. The summed E-state index contributed by atoms with van der Waals surface area (Å²) in [6.07, 6.45) is 1.73.